The van der Waals surface area contributed by atoms with Crippen molar-refractivity contribution in [1.82, 2.24) is 0 Å². The standard InChI is InChI=1S/C8H14O4/c1-10-8(9)6-12-5-7-2-3-11-4-7/h7H,2-6H2,1H3. The van der Waals surface area contributed by atoms with Gasteiger partial charge in [-0.15, -0.1) is 0 Å². The van der Waals surface area contributed by atoms with E-state index in [1.165, 1.54) is 7.11 Å². The van der Waals surface area contributed by atoms with Crippen molar-refractivity contribution in [1.29, 1.82) is 0 Å². The Morgan fingerprint density at radius 2 is 2.50 bits per heavy atom. The van der Waals surface area contributed by atoms with Crippen LogP contribution in [0.3, 0.4) is 0 Å². The Morgan fingerprint density at radius 3 is 3.08 bits per heavy atom. The van der Waals surface area contributed by atoms with Crippen molar-refractivity contribution >= 4 is 5.97 Å². The normalized spacial score (nSPS) is 22.6. The molecule has 0 amide bonds. The molecule has 0 aliphatic carbocycles. The maximum absolute atomic E-state index is 10.6. The first kappa shape index (κ1) is 9.48. The largest absolute Gasteiger partial charge is 0.467 e. The molecule has 70 valence electrons. The van der Waals surface area contributed by atoms with Crippen LogP contribution in [0, 0.1) is 5.92 Å². The van der Waals surface area contributed by atoms with Crippen molar-refractivity contribution in [2.45, 2.75) is 6.42 Å². The zero-order valence-electron chi connectivity index (χ0n) is 7.25. The van der Waals surface area contributed by atoms with Crippen LogP contribution in [0.4, 0.5) is 0 Å². The minimum atomic E-state index is -0.325. The highest BCUT2D eigenvalue weighted by Crippen LogP contribution is 2.11. The molecule has 0 saturated carbocycles. The van der Waals surface area contributed by atoms with Gasteiger partial charge < -0.3 is 14.2 Å². The van der Waals surface area contributed by atoms with Crippen molar-refractivity contribution in [3.8, 4) is 0 Å². The third-order valence-corrected chi connectivity index (χ3v) is 1.83. The lowest BCUT2D eigenvalue weighted by Crippen LogP contribution is -2.15. The molecule has 1 fully saturated rings. The summed E-state index contributed by atoms with van der Waals surface area (Å²) >= 11 is 0. The summed E-state index contributed by atoms with van der Waals surface area (Å²) in [6.45, 7) is 2.20. The molecule has 0 aromatic carbocycles. The highest BCUT2D eigenvalue weighted by Gasteiger charge is 2.15. The van der Waals surface area contributed by atoms with Gasteiger partial charge in [0.1, 0.15) is 6.61 Å². The molecule has 1 heterocycles. The minimum absolute atomic E-state index is 0.0486. The molecule has 4 nitrogen and oxygen atoms in total. The van der Waals surface area contributed by atoms with Crippen LogP contribution < -0.4 is 0 Å². The van der Waals surface area contributed by atoms with Crippen LogP contribution in [0.2, 0.25) is 0 Å². The Kier molecular flexibility index (Phi) is 4.04. The van der Waals surface area contributed by atoms with E-state index >= 15 is 0 Å². The fourth-order valence-electron chi connectivity index (χ4n) is 1.08. The van der Waals surface area contributed by atoms with E-state index in [-0.39, 0.29) is 12.6 Å². The Hall–Kier alpha value is -0.610. The number of hydrogen-bond donors (Lipinski definition) is 0. The fourth-order valence-corrected chi connectivity index (χ4v) is 1.08. The number of ether oxygens (including phenoxy) is 3. The highest BCUT2D eigenvalue weighted by atomic mass is 16.6. The van der Waals surface area contributed by atoms with Gasteiger partial charge in [-0.3, -0.25) is 0 Å². The number of rotatable bonds is 4. The zero-order chi connectivity index (χ0) is 8.81. The van der Waals surface area contributed by atoms with Gasteiger partial charge in [0.15, 0.2) is 0 Å². The van der Waals surface area contributed by atoms with Crippen molar-refractivity contribution < 1.29 is 19.0 Å². The summed E-state index contributed by atoms with van der Waals surface area (Å²) < 4.78 is 14.7. The van der Waals surface area contributed by atoms with E-state index in [0.29, 0.717) is 12.5 Å². The third-order valence-electron chi connectivity index (χ3n) is 1.83. The van der Waals surface area contributed by atoms with E-state index in [0.717, 1.165) is 19.6 Å². The molecular formula is C8H14O4. The van der Waals surface area contributed by atoms with E-state index in [1.807, 2.05) is 0 Å². The minimum Gasteiger partial charge on any atom is -0.467 e. The SMILES string of the molecule is COC(=O)COCC1CCOC1. The highest BCUT2D eigenvalue weighted by molar-refractivity contribution is 5.70. The van der Waals surface area contributed by atoms with Crippen molar-refractivity contribution in [2.24, 2.45) is 5.92 Å². The first-order valence-corrected chi connectivity index (χ1v) is 4.05. The Labute approximate surface area is 71.8 Å². The lowest BCUT2D eigenvalue weighted by atomic mass is 10.1. The van der Waals surface area contributed by atoms with Gasteiger partial charge in [-0.05, 0) is 6.42 Å². The number of carbonyl (C=O) groups is 1. The van der Waals surface area contributed by atoms with E-state index in [2.05, 4.69) is 4.74 Å². The van der Waals surface area contributed by atoms with Crippen LogP contribution in [0.15, 0.2) is 0 Å². The van der Waals surface area contributed by atoms with Gasteiger partial charge in [-0.1, -0.05) is 0 Å². The van der Waals surface area contributed by atoms with E-state index < -0.39 is 0 Å². The summed E-state index contributed by atoms with van der Waals surface area (Å²) in [5, 5.41) is 0. The average Bonchev–Trinajstić information content (AvgIpc) is 2.57. The van der Waals surface area contributed by atoms with Gasteiger partial charge in [0.05, 0.1) is 20.3 Å². The molecule has 0 bridgehead atoms. The molecule has 1 saturated heterocycles. The smallest absolute Gasteiger partial charge is 0.331 e. The average molecular weight is 174 g/mol. The number of methoxy groups -OCH3 is 1. The monoisotopic (exact) mass is 174 g/mol. The quantitative estimate of drug-likeness (QED) is 0.572. The van der Waals surface area contributed by atoms with Crippen LogP contribution in [0.25, 0.3) is 0 Å². The van der Waals surface area contributed by atoms with E-state index in [9.17, 15) is 4.79 Å². The van der Waals surface area contributed by atoms with Crippen molar-refractivity contribution in [3.05, 3.63) is 0 Å². The number of carbonyl (C=O) groups excluding carboxylic acids is 1. The van der Waals surface area contributed by atoms with Gasteiger partial charge in [-0.25, -0.2) is 4.79 Å². The number of hydrogen-bond acceptors (Lipinski definition) is 4. The molecule has 1 atom stereocenters. The van der Waals surface area contributed by atoms with Crippen LogP contribution >= 0.6 is 0 Å². The fraction of sp³-hybridized carbons (Fsp3) is 0.875. The molecule has 0 radical (unpaired) electrons. The van der Waals surface area contributed by atoms with E-state index in [1.54, 1.807) is 0 Å². The summed E-state index contributed by atoms with van der Waals surface area (Å²) in [7, 11) is 1.35. The van der Waals surface area contributed by atoms with Gasteiger partial charge >= 0.3 is 5.97 Å². The van der Waals surface area contributed by atoms with Gasteiger partial charge in [0.25, 0.3) is 0 Å². The first-order chi connectivity index (χ1) is 5.83. The second kappa shape index (κ2) is 5.11. The lowest BCUT2D eigenvalue weighted by Gasteiger charge is -2.06. The van der Waals surface area contributed by atoms with Gasteiger partial charge in [-0.2, -0.15) is 0 Å². The predicted octanol–water partition coefficient (Wildman–Crippen LogP) is 0.212. The van der Waals surface area contributed by atoms with Crippen molar-refractivity contribution in [3.63, 3.8) is 0 Å². The lowest BCUT2D eigenvalue weighted by molar-refractivity contribution is -0.146. The van der Waals surface area contributed by atoms with E-state index in [4.69, 9.17) is 9.47 Å². The number of esters is 1. The third kappa shape index (κ3) is 3.19. The molecule has 0 aromatic rings. The maximum Gasteiger partial charge on any atom is 0.331 e. The summed E-state index contributed by atoms with van der Waals surface area (Å²) in [5.41, 5.74) is 0. The summed E-state index contributed by atoms with van der Waals surface area (Å²) in [4.78, 5) is 10.6. The molecule has 1 unspecified atom stereocenters. The molecule has 1 rings (SSSR count). The summed E-state index contributed by atoms with van der Waals surface area (Å²) in [6.07, 6.45) is 1.03. The Balaban J connectivity index is 1.97. The molecule has 1 aliphatic rings. The summed E-state index contributed by atoms with van der Waals surface area (Å²) in [6, 6.07) is 0. The molecule has 1 aliphatic heterocycles. The second-order valence-electron chi connectivity index (χ2n) is 2.82. The van der Waals surface area contributed by atoms with Crippen LogP contribution in [-0.2, 0) is 19.0 Å². The molecule has 0 spiro atoms. The molecule has 0 aromatic heterocycles. The topological polar surface area (TPSA) is 44.8 Å². The molecule has 12 heavy (non-hydrogen) atoms. The molecular weight excluding hydrogens is 160 g/mol. The summed E-state index contributed by atoms with van der Waals surface area (Å²) in [5.74, 6) is 0.128. The first-order valence-electron chi connectivity index (χ1n) is 4.05. The Bertz CT molecular complexity index is 140. The van der Waals surface area contributed by atoms with Gasteiger partial charge in [0.2, 0.25) is 0 Å². The Morgan fingerprint density at radius 1 is 1.67 bits per heavy atom. The predicted molar refractivity (Wildman–Crippen MR) is 41.8 cm³/mol. The van der Waals surface area contributed by atoms with Crippen LogP contribution in [0.1, 0.15) is 6.42 Å². The maximum atomic E-state index is 10.6. The van der Waals surface area contributed by atoms with Gasteiger partial charge in [0, 0.05) is 12.5 Å². The van der Waals surface area contributed by atoms with Crippen LogP contribution in [-0.4, -0.2) is 39.5 Å². The van der Waals surface area contributed by atoms with Crippen molar-refractivity contribution in [2.75, 3.05) is 33.5 Å². The zero-order valence-corrected chi connectivity index (χ0v) is 7.25. The second-order valence-corrected chi connectivity index (χ2v) is 2.82. The van der Waals surface area contributed by atoms with Crippen LogP contribution in [0.5, 0.6) is 0 Å². The molecule has 0 N–H and O–H groups in total. The molecule has 4 heteroatoms.